The second kappa shape index (κ2) is 6.60. The van der Waals surface area contributed by atoms with Crippen molar-refractivity contribution < 1.29 is 0 Å². The zero-order valence-electron chi connectivity index (χ0n) is 11.5. The Morgan fingerprint density at radius 1 is 1.37 bits per heavy atom. The second-order valence-corrected chi connectivity index (χ2v) is 5.14. The first-order chi connectivity index (χ1) is 9.28. The maximum absolute atomic E-state index is 4.52. The fraction of sp³-hybridized carbons (Fsp3) is 0.583. The monoisotopic (exact) mass is 280 g/mol. The third kappa shape index (κ3) is 3.28. The Labute approximate surface area is 117 Å². The van der Waals surface area contributed by atoms with E-state index in [0.29, 0.717) is 17.6 Å². The van der Waals surface area contributed by atoms with Crippen LogP contribution in [0.3, 0.4) is 0 Å². The Morgan fingerprint density at radius 3 is 2.89 bits per heavy atom. The van der Waals surface area contributed by atoms with E-state index in [9.17, 15) is 0 Å². The van der Waals surface area contributed by atoms with Gasteiger partial charge in [0.2, 0.25) is 5.95 Å². The molecule has 0 fully saturated rings. The van der Waals surface area contributed by atoms with Crippen molar-refractivity contribution in [3.8, 4) is 0 Å². The first-order valence-corrected chi connectivity index (χ1v) is 7.88. The number of H-pyrrole nitrogens is 1. The van der Waals surface area contributed by atoms with Crippen LogP contribution in [0.2, 0.25) is 0 Å². The number of fused-ring (bicyclic) bond motifs is 1. The topological polar surface area (TPSA) is 78.5 Å². The Bertz CT molecular complexity index is 526. The van der Waals surface area contributed by atoms with E-state index in [2.05, 4.69) is 43.7 Å². The maximum atomic E-state index is 4.52. The minimum Gasteiger partial charge on any atom is -0.365 e. The predicted octanol–water partition coefficient (Wildman–Crippen LogP) is 2.34. The molecule has 0 saturated carbocycles. The van der Waals surface area contributed by atoms with Gasteiger partial charge in [0, 0.05) is 18.3 Å². The molecule has 2 aromatic rings. The summed E-state index contributed by atoms with van der Waals surface area (Å²) in [7, 11) is 0. The predicted molar refractivity (Wildman–Crippen MR) is 81.9 cm³/mol. The lowest BCUT2D eigenvalue weighted by Crippen LogP contribution is -2.22. The Hall–Kier alpha value is -1.50. The first kappa shape index (κ1) is 13.9. The van der Waals surface area contributed by atoms with Gasteiger partial charge in [0.15, 0.2) is 11.5 Å². The van der Waals surface area contributed by atoms with Crippen molar-refractivity contribution in [2.24, 2.45) is 0 Å². The van der Waals surface area contributed by atoms with E-state index in [1.165, 1.54) is 0 Å². The molecule has 2 heterocycles. The van der Waals surface area contributed by atoms with E-state index in [-0.39, 0.29) is 0 Å². The van der Waals surface area contributed by atoms with Gasteiger partial charge in [-0.25, -0.2) is 4.98 Å². The Morgan fingerprint density at radius 2 is 2.21 bits per heavy atom. The van der Waals surface area contributed by atoms with E-state index >= 15 is 0 Å². The van der Waals surface area contributed by atoms with Gasteiger partial charge >= 0.3 is 0 Å². The molecule has 0 saturated heterocycles. The van der Waals surface area contributed by atoms with Crippen LogP contribution in [-0.2, 0) is 0 Å². The highest BCUT2D eigenvalue weighted by molar-refractivity contribution is 7.98. The molecule has 0 aromatic carbocycles. The average Bonchev–Trinajstić information content (AvgIpc) is 2.87. The van der Waals surface area contributed by atoms with Crippen molar-refractivity contribution in [1.29, 1.82) is 0 Å². The van der Waals surface area contributed by atoms with E-state index in [1.54, 1.807) is 6.33 Å². The summed E-state index contributed by atoms with van der Waals surface area (Å²) in [5.74, 6) is 2.48. The van der Waals surface area contributed by atoms with Gasteiger partial charge in [0.1, 0.15) is 5.52 Å². The summed E-state index contributed by atoms with van der Waals surface area (Å²) >= 11 is 1.83. The Balaban J connectivity index is 2.31. The molecule has 0 bridgehead atoms. The molecule has 2 aromatic heterocycles. The number of hydrogen-bond donors (Lipinski definition) is 3. The van der Waals surface area contributed by atoms with Gasteiger partial charge < -0.3 is 15.6 Å². The van der Waals surface area contributed by atoms with E-state index < -0.39 is 0 Å². The van der Waals surface area contributed by atoms with Gasteiger partial charge in [-0.15, -0.1) is 0 Å². The molecule has 1 unspecified atom stereocenters. The zero-order valence-corrected chi connectivity index (χ0v) is 12.3. The highest BCUT2D eigenvalue weighted by Crippen LogP contribution is 2.20. The quantitative estimate of drug-likeness (QED) is 0.722. The van der Waals surface area contributed by atoms with Gasteiger partial charge in [-0.3, -0.25) is 0 Å². The molecule has 3 N–H and O–H groups in total. The lowest BCUT2D eigenvalue weighted by molar-refractivity contribution is 0.770. The molecular formula is C12H20N6S. The molecule has 1 atom stereocenters. The Kier molecular flexibility index (Phi) is 4.84. The number of imidazole rings is 1. The van der Waals surface area contributed by atoms with Crippen LogP contribution < -0.4 is 10.6 Å². The highest BCUT2D eigenvalue weighted by Gasteiger charge is 2.13. The number of anilines is 2. The smallest absolute Gasteiger partial charge is 0.226 e. The SMILES string of the molecule is CCNc1nc(NC(CC)CSC)c2[nH]cnc2n1. The summed E-state index contributed by atoms with van der Waals surface area (Å²) < 4.78 is 0. The molecule has 0 amide bonds. The lowest BCUT2D eigenvalue weighted by Gasteiger charge is -2.17. The molecule has 0 aliphatic carbocycles. The number of hydrogen-bond acceptors (Lipinski definition) is 6. The molecule has 2 rings (SSSR count). The maximum Gasteiger partial charge on any atom is 0.226 e. The standard InChI is InChI=1S/C12H20N6S/c1-4-8(6-19-3)16-11-9-10(15-7-14-9)17-12(18-11)13-5-2/h7-8H,4-6H2,1-3H3,(H3,13,14,15,16,17,18). The third-order valence-electron chi connectivity index (χ3n) is 2.82. The van der Waals surface area contributed by atoms with Crippen LogP contribution in [-0.4, -0.2) is 44.5 Å². The molecule has 0 aliphatic rings. The zero-order chi connectivity index (χ0) is 13.7. The van der Waals surface area contributed by atoms with E-state index in [0.717, 1.165) is 30.1 Å². The summed E-state index contributed by atoms with van der Waals surface area (Å²) in [6.45, 7) is 4.98. The minimum atomic E-state index is 0.394. The normalized spacial score (nSPS) is 12.6. The summed E-state index contributed by atoms with van der Waals surface area (Å²) in [4.78, 5) is 16.2. The van der Waals surface area contributed by atoms with Gasteiger partial charge in [0.05, 0.1) is 6.33 Å². The van der Waals surface area contributed by atoms with Crippen LogP contribution in [0.4, 0.5) is 11.8 Å². The van der Waals surface area contributed by atoms with Gasteiger partial charge in [0.25, 0.3) is 0 Å². The van der Waals surface area contributed by atoms with E-state index in [4.69, 9.17) is 0 Å². The molecular weight excluding hydrogens is 260 g/mol. The molecule has 7 heteroatoms. The number of rotatable bonds is 7. The second-order valence-electron chi connectivity index (χ2n) is 4.23. The van der Waals surface area contributed by atoms with Crippen molar-refractivity contribution in [1.82, 2.24) is 19.9 Å². The number of aromatic amines is 1. The van der Waals surface area contributed by atoms with Crippen molar-refractivity contribution in [2.45, 2.75) is 26.3 Å². The molecule has 0 radical (unpaired) electrons. The van der Waals surface area contributed by atoms with Gasteiger partial charge in [-0.2, -0.15) is 21.7 Å². The summed E-state index contributed by atoms with van der Waals surface area (Å²) in [6.07, 6.45) is 4.81. The first-order valence-electron chi connectivity index (χ1n) is 6.48. The summed E-state index contributed by atoms with van der Waals surface area (Å²) in [5, 5.41) is 6.61. The van der Waals surface area contributed by atoms with Crippen molar-refractivity contribution >= 4 is 34.7 Å². The van der Waals surface area contributed by atoms with Gasteiger partial charge in [-0.05, 0) is 19.6 Å². The number of thioether (sulfide) groups is 1. The van der Waals surface area contributed by atoms with E-state index in [1.807, 2.05) is 18.7 Å². The fourth-order valence-electron chi connectivity index (χ4n) is 1.83. The summed E-state index contributed by atoms with van der Waals surface area (Å²) in [5.41, 5.74) is 1.55. The molecule has 0 aliphatic heterocycles. The van der Waals surface area contributed by atoms with Crippen molar-refractivity contribution in [3.05, 3.63) is 6.33 Å². The summed E-state index contributed by atoms with van der Waals surface area (Å²) in [6, 6.07) is 0.394. The highest BCUT2D eigenvalue weighted by atomic mass is 32.2. The lowest BCUT2D eigenvalue weighted by atomic mass is 10.2. The molecule has 0 spiro atoms. The van der Waals surface area contributed by atoms with Crippen LogP contribution >= 0.6 is 11.8 Å². The molecule has 19 heavy (non-hydrogen) atoms. The van der Waals surface area contributed by atoms with Crippen molar-refractivity contribution in [2.75, 3.05) is 29.2 Å². The minimum absolute atomic E-state index is 0.394. The fourth-order valence-corrected chi connectivity index (χ4v) is 2.55. The van der Waals surface area contributed by atoms with Crippen LogP contribution in [0, 0.1) is 0 Å². The van der Waals surface area contributed by atoms with Crippen LogP contribution in [0.1, 0.15) is 20.3 Å². The number of nitrogens with zero attached hydrogens (tertiary/aromatic N) is 3. The largest absolute Gasteiger partial charge is 0.365 e. The number of aromatic nitrogens is 4. The molecule has 6 nitrogen and oxygen atoms in total. The third-order valence-corrected chi connectivity index (χ3v) is 3.56. The van der Waals surface area contributed by atoms with Crippen LogP contribution in [0.25, 0.3) is 11.2 Å². The van der Waals surface area contributed by atoms with Crippen LogP contribution in [0.5, 0.6) is 0 Å². The average molecular weight is 280 g/mol. The van der Waals surface area contributed by atoms with Crippen molar-refractivity contribution in [3.63, 3.8) is 0 Å². The number of nitrogens with one attached hydrogen (secondary N) is 3. The van der Waals surface area contributed by atoms with Gasteiger partial charge in [-0.1, -0.05) is 6.92 Å². The van der Waals surface area contributed by atoms with Crippen LogP contribution in [0.15, 0.2) is 6.33 Å². The molecule has 104 valence electrons.